The third-order valence-corrected chi connectivity index (χ3v) is 3.03. The van der Waals surface area contributed by atoms with Crippen molar-refractivity contribution in [1.29, 1.82) is 0 Å². The number of aryl methyl sites for hydroxylation is 1. The predicted octanol–water partition coefficient (Wildman–Crippen LogP) is 3.08. The number of Topliss-reactive ketones (excluding diaryl/α,β-unsaturated/α-hetero) is 1. The van der Waals surface area contributed by atoms with Gasteiger partial charge in [-0.2, -0.15) is 0 Å². The van der Waals surface area contributed by atoms with Crippen molar-refractivity contribution in [3.63, 3.8) is 0 Å². The first-order chi connectivity index (χ1) is 10.3. The van der Waals surface area contributed by atoms with Crippen LogP contribution in [0.3, 0.4) is 0 Å². The van der Waals surface area contributed by atoms with Gasteiger partial charge in [-0.3, -0.25) is 4.79 Å². The van der Waals surface area contributed by atoms with Gasteiger partial charge in [-0.1, -0.05) is 18.2 Å². The van der Waals surface area contributed by atoms with Crippen LogP contribution in [0.15, 0.2) is 24.3 Å². The molecule has 0 aromatic heterocycles. The van der Waals surface area contributed by atoms with E-state index < -0.39 is 11.7 Å². The fourth-order valence-corrected chi connectivity index (χ4v) is 1.98. The summed E-state index contributed by atoms with van der Waals surface area (Å²) in [4.78, 5) is 23.2. The van der Waals surface area contributed by atoms with E-state index in [2.05, 4.69) is 5.32 Å². The molecule has 3 N–H and O–H groups in total. The molecule has 22 heavy (non-hydrogen) atoms. The molecule has 0 bridgehead atoms. The zero-order chi connectivity index (χ0) is 16.6. The number of nitrogen functional groups attached to an aromatic ring is 1. The van der Waals surface area contributed by atoms with Crippen molar-refractivity contribution in [2.75, 3.05) is 12.3 Å². The minimum atomic E-state index is -0.524. The molecule has 122 valence electrons. The number of alkyl carbamates (subject to hydrolysis) is 1. The second kappa shape index (κ2) is 8.41. The number of nitrogens with two attached hydrogens (primary N) is 1. The number of para-hydroxylation sites is 1. The van der Waals surface area contributed by atoms with Crippen LogP contribution in [-0.2, 0) is 16.0 Å². The number of benzene rings is 1. The van der Waals surface area contributed by atoms with Gasteiger partial charge in [0.25, 0.3) is 0 Å². The van der Waals surface area contributed by atoms with Crippen LogP contribution in [0.5, 0.6) is 0 Å². The number of hydrogen-bond acceptors (Lipinski definition) is 4. The highest BCUT2D eigenvalue weighted by atomic mass is 16.6. The topological polar surface area (TPSA) is 81.4 Å². The Morgan fingerprint density at radius 3 is 2.50 bits per heavy atom. The van der Waals surface area contributed by atoms with Gasteiger partial charge in [-0.05, 0) is 45.2 Å². The fraction of sp³-hybridized carbons (Fsp3) is 0.529. The molecular formula is C17H26N2O3. The lowest BCUT2D eigenvalue weighted by Crippen LogP contribution is -2.33. The molecule has 1 amide bonds. The average Bonchev–Trinajstić information content (AvgIpc) is 2.39. The summed E-state index contributed by atoms with van der Waals surface area (Å²) < 4.78 is 5.10. The van der Waals surface area contributed by atoms with Crippen molar-refractivity contribution in [1.82, 2.24) is 5.32 Å². The second-order valence-electron chi connectivity index (χ2n) is 6.27. The molecule has 1 aromatic carbocycles. The largest absolute Gasteiger partial charge is 0.444 e. The molecule has 0 spiro atoms. The molecule has 5 nitrogen and oxygen atoms in total. The summed E-state index contributed by atoms with van der Waals surface area (Å²) in [5.74, 6) is 0.130. The molecule has 0 fully saturated rings. The molecule has 0 radical (unpaired) electrons. The molecule has 5 heteroatoms. The van der Waals surface area contributed by atoms with Crippen LogP contribution in [0.4, 0.5) is 10.5 Å². The Balaban J connectivity index is 2.17. The van der Waals surface area contributed by atoms with Crippen LogP contribution in [0.1, 0.15) is 45.6 Å². The predicted molar refractivity (Wildman–Crippen MR) is 87.7 cm³/mol. The molecule has 1 aromatic rings. The first-order valence-electron chi connectivity index (χ1n) is 7.60. The van der Waals surface area contributed by atoms with Gasteiger partial charge in [0, 0.05) is 25.1 Å². The minimum absolute atomic E-state index is 0.130. The zero-order valence-corrected chi connectivity index (χ0v) is 13.6. The molecule has 0 aliphatic rings. The van der Waals surface area contributed by atoms with Gasteiger partial charge in [0.15, 0.2) is 0 Å². The van der Waals surface area contributed by atoms with Gasteiger partial charge < -0.3 is 15.8 Å². The van der Waals surface area contributed by atoms with Gasteiger partial charge in [0.1, 0.15) is 11.4 Å². The first-order valence-corrected chi connectivity index (χ1v) is 7.60. The summed E-state index contributed by atoms with van der Waals surface area (Å²) in [7, 11) is 0. The summed E-state index contributed by atoms with van der Waals surface area (Å²) in [6.45, 7) is 5.70. The van der Waals surface area contributed by atoms with E-state index in [0.29, 0.717) is 19.4 Å². The number of carbonyl (C=O) groups excluding carboxylic acids is 2. The van der Waals surface area contributed by atoms with E-state index in [9.17, 15) is 9.59 Å². The molecular weight excluding hydrogens is 280 g/mol. The standard InChI is InChI=1S/C17H26N2O3/c1-17(2,3)22-16(21)19-12-11-14(20)9-6-8-13-7-4-5-10-15(13)18/h4-5,7,10H,6,8-9,11-12,18H2,1-3H3,(H,19,21). The van der Waals surface area contributed by atoms with E-state index in [1.165, 1.54) is 0 Å². The van der Waals surface area contributed by atoms with Gasteiger partial charge >= 0.3 is 6.09 Å². The molecule has 0 heterocycles. The maximum Gasteiger partial charge on any atom is 0.407 e. The Morgan fingerprint density at radius 1 is 1.18 bits per heavy atom. The lowest BCUT2D eigenvalue weighted by atomic mass is 10.0. The molecule has 0 saturated heterocycles. The van der Waals surface area contributed by atoms with Crippen molar-refractivity contribution in [2.24, 2.45) is 0 Å². The van der Waals surface area contributed by atoms with Crippen molar-refractivity contribution in [3.05, 3.63) is 29.8 Å². The smallest absolute Gasteiger partial charge is 0.407 e. The van der Waals surface area contributed by atoms with Crippen LogP contribution in [0.25, 0.3) is 0 Å². The van der Waals surface area contributed by atoms with E-state index in [1.54, 1.807) is 20.8 Å². The highest BCUT2D eigenvalue weighted by Crippen LogP contribution is 2.13. The quantitative estimate of drug-likeness (QED) is 0.759. The number of anilines is 1. The molecule has 1 rings (SSSR count). The third-order valence-electron chi connectivity index (χ3n) is 3.03. The van der Waals surface area contributed by atoms with E-state index in [-0.39, 0.29) is 5.78 Å². The number of ketones is 1. The highest BCUT2D eigenvalue weighted by molar-refractivity contribution is 5.79. The number of ether oxygens (including phenoxy) is 1. The van der Waals surface area contributed by atoms with E-state index in [0.717, 1.165) is 24.1 Å². The van der Waals surface area contributed by atoms with Crippen LogP contribution in [0, 0.1) is 0 Å². The van der Waals surface area contributed by atoms with Crippen LogP contribution in [0.2, 0.25) is 0 Å². The average molecular weight is 306 g/mol. The second-order valence-corrected chi connectivity index (χ2v) is 6.27. The van der Waals surface area contributed by atoms with Crippen molar-refractivity contribution in [2.45, 2.75) is 52.1 Å². The summed E-state index contributed by atoms with van der Waals surface area (Å²) in [5.41, 5.74) is 7.17. The first kappa shape index (κ1) is 18.0. The fourth-order valence-electron chi connectivity index (χ4n) is 1.98. The Morgan fingerprint density at radius 2 is 1.86 bits per heavy atom. The lowest BCUT2D eigenvalue weighted by molar-refractivity contribution is -0.119. The van der Waals surface area contributed by atoms with Gasteiger partial charge in [-0.15, -0.1) is 0 Å². The molecule has 0 aliphatic carbocycles. The van der Waals surface area contributed by atoms with Gasteiger partial charge in [0.05, 0.1) is 0 Å². The molecule has 0 atom stereocenters. The SMILES string of the molecule is CC(C)(C)OC(=O)NCCC(=O)CCCc1ccccc1N. The third kappa shape index (κ3) is 7.67. The van der Waals surface area contributed by atoms with Crippen LogP contribution in [-0.4, -0.2) is 24.0 Å². The Bertz CT molecular complexity index is 507. The number of hydrogen-bond donors (Lipinski definition) is 2. The van der Waals surface area contributed by atoms with E-state index in [1.807, 2.05) is 24.3 Å². The number of amides is 1. The Hall–Kier alpha value is -2.04. The summed E-state index contributed by atoms with van der Waals surface area (Å²) in [6.07, 6.45) is 1.88. The molecule has 0 saturated carbocycles. The zero-order valence-electron chi connectivity index (χ0n) is 13.6. The molecule has 0 unspecified atom stereocenters. The maximum absolute atomic E-state index is 11.8. The number of rotatable bonds is 7. The summed E-state index contributed by atoms with van der Waals surface area (Å²) in [6, 6.07) is 7.68. The monoisotopic (exact) mass is 306 g/mol. The number of nitrogens with one attached hydrogen (secondary N) is 1. The van der Waals surface area contributed by atoms with Crippen LogP contribution < -0.4 is 11.1 Å². The Kier molecular flexibility index (Phi) is 6.89. The van der Waals surface area contributed by atoms with E-state index >= 15 is 0 Å². The summed E-state index contributed by atoms with van der Waals surface area (Å²) in [5, 5.41) is 2.59. The normalized spacial score (nSPS) is 11.0. The lowest BCUT2D eigenvalue weighted by Gasteiger charge is -2.19. The van der Waals surface area contributed by atoms with Crippen molar-refractivity contribution >= 4 is 17.6 Å². The highest BCUT2D eigenvalue weighted by Gasteiger charge is 2.15. The summed E-state index contributed by atoms with van der Waals surface area (Å²) >= 11 is 0. The maximum atomic E-state index is 11.8. The van der Waals surface area contributed by atoms with Crippen molar-refractivity contribution < 1.29 is 14.3 Å². The van der Waals surface area contributed by atoms with Gasteiger partial charge in [-0.25, -0.2) is 4.79 Å². The van der Waals surface area contributed by atoms with Crippen molar-refractivity contribution in [3.8, 4) is 0 Å². The number of carbonyl (C=O) groups is 2. The minimum Gasteiger partial charge on any atom is -0.444 e. The van der Waals surface area contributed by atoms with E-state index in [4.69, 9.17) is 10.5 Å². The Labute approximate surface area is 132 Å². The van der Waals surface area contributed by atoms with Gasteiger partial charge in [0.2, 0.25) is 0 Å². The molecule has 0 aliphatic heterocycles. The van der Waals surface area contributed by atoms with Crippen LogP contribution >= 0.6 is 0 Å².